The van der Waals surface area contributed by atoms with E-state index in [0.29, 0.717) is 32.3 Å². The van der Waals surface area contributed by atoms with Gasteiger partial charge in [0.15, 0.2) is 5.58 Å². The van der Waals surface area contributed by atoms with Gasteiger partial charge in [-0.15, -0.1) is 0 Å². The zero-order chi connectivity index (χ0) is 19.0. The van der Waals surface area contributed by atoms with Crippen molar-refractivity contribution in [3.63, 3.8) is 0 Å². The molecule has 0 aliphatic rings. The molecule has 0 unspecified atom stereocenters. The number of fused-ring (bicyclic) bond motifs is 1. The minimum Gasteiger partial charge on any atom is -0.497 e. The van der Waals surface area contributed by atoms with Crippen LogP contribution in [0.3, 0.4) is 0 Å². The van der Waals surface area contributed by atoms with Crippen molar-refractivity contribution in [2.45, 2.75) is 0 Å². The first-order valence-corrected chi connectivity index (χ1v) is 9.00. The van der Waals surface area contributed by atoms with Gasteiger partial charge in [0, 0.05) is 16.0 Å². The smallest absolute Gasteiger partial charge is 0.344 e. The lowest BCUT2D eigenvalue weighted by atomic mass is 9.93. The standard InChI is InChI=1S/C22H14Cl2O3/c1-26-16-9-7-14(8-10-16)20-19(13-5-3-2-4-6-13)17-11-15(23)12-18(24)21(17)27-22(20)25/h2-12H,1H3. The van der Waals surface area contributed by atoms with Crippen molar-refractivity contribution in [3.05, 3.63) is 87.2 Å². The Bertz CT molecular complexity index is 1180. The second-order valence-electron chi connectivity index (χ2n) is 6.00. The number of ether oxygens (including phenoxy) is 1. The van der Waals surface area contributed by atoms with Gasteiger partial charge in [-0.05, 0) is 35.4 Å². The predicted octanol–water partition coefficient (Wildman–Crippen LogP) is 6.44. The molecule has 0 N–H and O–H groups in total. The molecule has 1 heterocycles. The van der Waals surface area contributed by atoms with Crippen molar-refractivity contribution >= 4 is 34.2 Å². The third kappa shape index (κ3) is 3.20. The molecule has 0 fully saturated rings. The van der Waals surface area contributed by atoms with E-state index in [9.17, 15) is 4.79 Å². The van der Waals surface area contributed by atoms with E-state index in [1.807, 2.05) is 42.5 Å². The lowest BCUT2D eigenvalue weighted by Crippen LogP contribution is -2.06. The van der Waals surface area contributed by atoms with Gasteiger partial charge in [-0.2, -0.15) is 0 Å². The van der Waals surface area contributed by atoms with Crippen LogP contribution in [0.5, 0.6) is 5.75 Å². The first-order chi connectivity index (χ1) is 13.1. The van der Waals surface area contributed by atoms with E-state index < -0.39 is 5.63 Å². The van der Waals surface area contributed by atoms with Gasteiger partial charge in [-0.25, -0.2) is 4.79 Å². The molecule has 0 aliphatic carbocycles. The zero-order valence-corrected chi connectivity index (χ0v) is 15.8. The summed E-state index contributed by atoms with van der Waals surface area (Å²) in [4.78, 5) is 12.9. The monoisotopic (exact) mass is 396 g/mol. The maximum Gasteiger partial charge on any atom is 0.344 e. The van der Waals surface area contributed by atoms with Crippen LogP contribution in [0.2, 0.25) is 10.0 Å². The van der Waals surface area contributed by atoms with Crippen molar-refractivity contribution in [3.8, 4) is 28.0 Å². The third-order valence-corrected chi connectivity index (χ3v) is 4.87. The molecule has 0 spiro atoms. The number of benzene rings is 3. The van der Waals surface area contributed by atoms with E-state index in [1.165, 1.54) is 0 Å². The van der Waals surface area contributed by atoms with Crippen LogP contribution < -0.4 is 10.4 Å². The van der Waals surface area contributed by atoms with Gasteiger partial charge in [0.05, 0.1) is 17.7 Å². The highest BCUT2D eigenvalue weighted by Crippen LogP contribution is 2.39. The van der Waals surface area contributed by atoms with Crippen LogP contribution in [0, 0.1) is 0 Å². The molecule has 5 heteroatoms. The summed E-state index contributed by atoms with van der Waals surface area (Å²) in [6.45, 7) is 0. The van der Waals surface area contributed by atoms with Crippen LogP contribution in [0.25, 0.3) is 33.2 Å². The summed E-state index contributed by atoms with van der Waals surface area (Å²) in [6, 6.07) is 20.2. The van der Waals surface area contributed by atoms with Crippen LogP contribution >= 0.6 is 23.2 Å². The van der Waals surface area contributed by atoms with Crippen molar-refractivity contribution < 1.29 is 9.15 Å². The molecule has 0 aliphatic heterocycles. The number of rotatable bonds is 3. The average molecular weight is 397 g/mol. The van der Waals surface area contributed by atoms with E-state index in [2.05, 4.69) is 0 Å². The van der Waals surface area contributed by atoms with Gasteiger partial charge < -0.3 is 9.15 Å². The normalized spacial score (nSPS) is 10.9. The Labute approximate surface area is 165 Å². The molecule has 27 heavy (non-hydrogen) atoms. The van der Waals surface area contributed by atoms with Crippen molar-refractivity contribution in [2.75, 3.05) is 7.11 Å². The highest BCUT2D eigenvalue weighted by molar-refractivity contribution is 6.38. The fourth-order valence-corrected chi connectivity index (χ4v) is 3.69. The second kappa shape index (κ2) is 7.10. The van der Waals surface area contributed by atoms with E-state index in [0.717, 1.165) is 16.7 Å². The molecule has 0 bridgehead atoms. The highest BCUT2D eigenvalue weighted by Gasteiger charge is 2.20. The molecular weight excluding hydrogens is 383 g/mol. The largest absolute Gasteiger partial charge is 0.497 e. The average Bonchev–Trinajstić information content (AvgIpc) is 2.68. The first-order valence-electron chi connectivity index (χ1n) is 8.24. The molecule has 0 amide bonds. The van der Waals surface area contributed by atoms with Gasteiger partial charge in [0.25, 0.3) is 0 Å². The SMILES string of the molecule is COc1ccc(-c2c(-c3ccccc3)c3cc(Cl)cc(Cl)c3oc2=O)cc1. The predicted molar refractivity (Wildman–Crippen MR) is 110 cm³/mol. The fraction of sp³-hybridized carbons (Fsp3) is 0.0455. The summed E-state index contributed by atoms with van der Waals surface area (Å²) >= 11 is 12.5. The number of hydrogen-bond acceptors (Lipinski definition) is 3. The van der Waals surface area contributed by atoms with Gasteiger partial charge in [-0.3, -0.25) is 0 Å². The summed E-state index contributed by atoms with van der Waals surface area (Å²) in [7, 11) is 1.60. The van der Waals surface area contributed by atoms with Crippen LogP contribution in [-0.4, -0.2) is 7.11 Å². The van der Waals surface area contributed by atoms with E-state index in [4.69, 9.17) is 32.4 Å². The second-order valence-corrected chi connectivity index (χ2v) is 6.84. The van der Waals surface area contributed by atoms with Crippen LogP contribution in [0.15, 0.2) is 75.9 Å². The summed E-state index contributed by atoms with van der Waals surface area (Å²) in [5.74, 6) is 0.705. The van der Waals surface area contributed by atoms with E-state index >= 15 is 0 Å². The summed E-state index contributed by atoms with van der Waals surface area (Å²) < 4.78 is 10.8. The molecule has 1 aromatic heterocycles. The van der Waals surface area contributed by atoms with Crippen LogP contribution in [0.4, 0.5) is 0 Å². The van der Waals surface area contributed by atoms with Crippen LogP contribution in [-0.2, 0) is 0 Å². The van der Waals surface area contributed by atoms with Crippen molar-refractivity contribution in [2.24, 2.45) is 0 Å². The lowest BCUT2D eigenvalue weighted by molar-refractivity contribution is 0.415. The first kappa shape index (κ1) is 17.7. The zero-order valence-electron chi connectivity index (χ0n) is 14.3. The Hall–Kier alpha value is -2.75. The molecule has 0 radical (unpaired) electrons. The molecule has 0 saturated carbocycles. The molecule has 4 aromatic rings. The minimum absolute atomic E-state index is 0.299. The maximum absolute atomic E-state index is 12.9. The summed E-state index contributed by atoms with van der Waals surface area (Å²) in [5, 5.41) is 1.45. The quantitative estimate of drug-likeness (QED) is 0.374. The Morgan fingerprint density at radius 1 is 0.852 bits per heavy atom. The Balaban J connectivity index is 2.14. The minimum atomic E-state index is -0.462. The Morgan fingerprint density at radius 2 is 1.52 bits per heavy atom. The molecular formula is C22H14Cl2O3. The van der Waals surface area contributed by atoms with Gasteiger partial charge in [0.1, 0.15) is 5.75 Å². The van der Waals surface area contributed by atoms with Gasteiger partial charge >= 0.3 is 5.63 Å². The number of halogens is 2. The fourth-order valence-electron chi connectivity index (χ4n) is 3.15. The molecule has 3 nitrogen and oxygen atoms in total. The Morgan fingerprint density at radius 3 is 2.19 bits per heavy atom. The summed E-state index contributed by atoms with van der Waals surface area (Å²) in [6.07, 6.45) is 0. The maximum atomic E-state index is 12.9. The van der Waals surface area contributed by atoms with E-state index in [-0.39, 0.29) is 0 Å². The Kier molecular flexibility index (Phi) is 4.65. The van der Waals surface area contributed by atoms with Gasteiger partial charge in [-0.1, -0.05) is 65.7 Å². The van der Waals surface area contributed by atoms with Crippen LogP contribution in [0.1, 0.15) is 0 Å². The molecule has 134 valence electrons. The van der Waals surface area contributed by atoms with E-state index in [1.54, 1.807) is 31.4 Å². The lowest BCUT2D eigenvalue weighted by Gasteiger charge is -2.13. The van der Waals surface area contributed by atoms with Crippen molar-refractivity contribution in [1.82, 2.24) is 0 Å². The summed E-state index contributed by atoms with van der Waals surface area (Å²) in [5.41, 5.74) is 2.64. The molecule has 3 aromatic carbocycles. The topological polar surface area (TPSA) is 39.4 Å². The van der Waals surface area contributed by atoms with Gasteiger partial charge in [0.2, 0.25) is 0 Å². The number of methoxy groups -OCH3 is 1. The third-order valence-electron chi connectivity index (χ3n) is 4.37. The molecule has 0 atom stereocenters. The number of hydrogen-bond donors (Lipinski definition) is 0. The molecule has 4 rings (SSSR count). The highest BCUT2D eigenvalue weighted by atomic mass is 35.5. The molecule has 0 saturated heterocycles. The van der Waals surface area contributed by atoms with Crippen molar-refractivity contribution in [1.29, 1.82) is 0 Å².